The van der Waals surface area contributed by atoms with Crippen molar-refractivity contribution >= 4 is 24.1 Å². The van der Waals surface area contributed by atoms with Gasteiger partial charge in [0.2, 0.25) is 5.91 Å². The van der Waals surface area contributed by atoms with Crippen LogP contribution in [-0.2, 0) is 30.2 Å². The number of carbonyl (C=O) groups is 4. The number of piperidine rings is 1. The minimum Gasteiger partial charge on any atom is -0.467 e. The number of aliphatic hydroxyl groups is 1. The number of nitrogens with zero attached hydrogens (tertiary/aromatic N) is 2. The van der Waals surface area contributed by atoms with E-state index in [9.17, 15) is 29.5 Å². The Hall–Kier alpha value is -3.72. The van der Waals surface area contributed by atoms with Gasteiger partial charge in [-0.1, -0.05) is 56.3 Å². The summed E-state index contributed by atoms with van der Waals surface area (Å²) < 4.78 is 16.2. The van der Waals surface area contributed by atoms with Crippen LogP contribution in [0.25, 0.3) is 0 Å². The molecule has 0 saturated carbocycles. The molecule has 14 heteroatoms. The number of hydrogen-bond acceptors (Lipinski definition) is 11. The minimum atomic E-state index is -1.04. The monoisotopic (exact) mass is 788 g/mol. The number of nitrogens with one attached hydrogen (secondary N) is 3. The van der Waals surface area contributed by atoms with Crippen molar-refractivity contribution in [1.82, 2.24) is 25.9 Å². The Labute approximate surface area is 334 Å². The fourth-order valence-electron chi connectivity index (χ4n) is 7.83. The van der Waals surface area contributed by atoms with Gasteiger partial charge in [-0.15, -0.1) is 0 Å². The lowest BCUT2D eigenvalue weighted by atomic mass is 9.80. The van der Waals surface area contributed by atoms with Gasteiger partial charge in [-0.05, 0) is 98.5 Å². The summed E-state index contributed by atoms with van der Waals surface area (Å²) in [4.78, 5) is 53.8. The van der Waals surface area contributed by atoms with Gasteiger partial charge in [0.15, 0.2) is 0 Å². The first-order valence-electron chi connectivity index (χ1n) is 20.1. The van der Waals surface area contributed by atoms with Gasteiger partial charge in [-0.3, -0.25) is 9.69 Å². The molecule has 5 atom stereocenters. The Morgan fingerprint density at radius 1 is 0.982 bits per heavy atom. The Balaban J connectivity index is 1.67. The molecule has 3 rings (SSSR count). The Kier molecular flexibility index (Phi) is 17.2. The molecule has 14 nitrogen and oxygen atoms in total. The summed E-state index contributed by atoms with van der Waals surface area (Å²) in [6.45, 7) is 17.8. The smallest absolute Gasteiger partial charge is 0.408 e. The van der Waals surface area contributed by atoms with Gasteiger partial charge in [0.1, 0.15) is 24.0 Å². The topological polar surface area (TPSA) is 179 Å². The van der Waals surface area contributed by atoms with Crippen molar-refractivity contribution in [3.05, 3.63) is 48.0 Å². The Morgan fingerprint density at radius 2 is 1.62 bits per heavy atom. The molecule has 0 spiro atoms. The quantitative estimate of drug-likeness (QED) is 0.0566. The predicted octanol–water partition coefficient (Wildman–Crippen LogP) is 5.70. The summed E-state index contributed by atoms with van der Waals surface area (Å²) in [5.74, 6) is -1.16. The van der Waals surface area contributed by atoms with E-state index in [4.69, 9.17) is 14.2 Å². The van der Waals surface area contributed by atoms with E-state index >= 15 is 0 Å². The number of alkyl carbamates (subject to hydrolysis) is 2. The molecule has 316 valence electrons. The van der Waals surface area contributed by atoms with Gasteiger partial charge in [-0.2, -0.15) is 5.06 Å². The number of likely N-dealkylation sites (tertiary alicyclic amines) is 1. The summed E-state index contributed by atoms with van der Waals surface area (Å²) in [7, 11) is 1.26. The number of amides is 3. The summed E-state index contributed by atoms with van der Waals surface area (Å²) in [5.41, 5.74) is -0.783. The van der Waals surface area contributed by atoms with E-state index in [1.807, 2.05) is 91.0 Å². The highest BCUT2D eigenvalue weighted by atomic mass is 16.6. The highest BCUT2D eigenvalue weighted by Gasteiger charge is 2.46. The van der Waals surface area contributed by atoms with Crippen molar-refractivity contribution < 1.29 is 43.7 Å². The van der Waals surface area contributed by atoms with Crippen molar-refractivity contribution in [1.29, 1.82) is 0 Å². The van der Waals surface area contributed by atoms with E-state index in [0.29, 0.717) is 51.5 Å². The second kappa shape index (κ2) is 20.6. The molecule has 2 saturated heterocycles. The molecular formula is C42H69N5O9. The van der Waals surface area contributed by atoms with E-state index in [1.54, 1.807) is 4.90 Å². The number of rotatable bonds is 17. The summed E-state index contributed by atoms with van der Waals surface area (Å²) >= 11 is 0. The molecule has 3 amide bonds. The summed E-state index contributed by atoms with van der Waals surface area (Å²) in [6.07, 6.45) is 5.11. The lowest BCUT2D eigenvalue weighted by molar-refractivity contribution is -0.256. The molecule has 1 aromatic carbocycles. The first kappa shape index (κ1) is 46.7. The van der Waals surface area contributed by atoms with E-state index in [-0.39, 0.29) is 31.0 Å². The van der Waals surface area contributed by atoms with E-state index in [0.717, 1.165) is 5.56 Å². The maximum atomic E-state index is 13.8. The lowest BCUT2D eigenvalue weighted by Crippen LogP contribution is -2.60. The van der Waals surface area contributed by atoms with E-state index < -0.39 is 65.0 Å². The van der Waals surface area contributed by atoms with Crippen molar-refractivity contribution in [2.45, 2.75) is 161 Å². The van der Waals surface area contributed by atoms with Crippen LogP contribution in [0.1, 0.15) is 113 Å². The Bertz CT molecular complexity index is 1440. The fourth-order valence-corrected chi connectivity index (χ4v) is 7.83. The highest BCUT2D eigenvalue weighted by molar-refractivity contribution is 5.87. The first-order valence-corrected chi connectivity index (χ1v) is 20.1. The number of carbonyl (C=O) groups excluding carboxylic acids is 4. The van der Waals surface area contributed by atoms with Crippen LogP contribution in [0, 0.1) is 11.8 Å². The number of benzene rings is 1. The Morgan fingerprint density at radius 3 is 2.21 bits per heavy atom. The molecule has 0 radical (unpaired) electrons. The molecular weight excluding hydrogens is 718 g/mol. The molecule has 2 fully saturated rings. The van der Waals surface area contributed by atoms with Crippen molar-refractivity contribution in [3.8, 4) is 0 Å². The second-order valence-electron chi connectivity index (χ2n) is 18.0. The molecule has 1 unspecified atom stereocenters. The van der Waals surface area contributed by atoms with Crippen molar-refractivity contribution in [2.24, 2.45) is 11.8 Å². The van der Waals surface area contributed by atoms with Crippen LogP contribution >= 0.6 is 0 Å². The van der Waals surface area contributed by atoms with Gasteiger partial charge < -0.3 is 40.5 Å². The third-order valence-electron chi connectivity index (χ3n) is 10.3. The maximum absolute atomic E-state index is 13.8. The number of esters is 1. The molecule has 2 aliphatic heterocycles. The third-order valence-corrected chi connectivity index (χ3v) is 10.3. The number of aliphatic hydroxyl groups excluding tert-OH is 1. The highest BCUT2D eigenvalue weighted by Crippen LogP contribution is 2.38. The largest absolute Gasteiger partial charge is 0.467 e. The lowest BCUT2D eigenvalue weighted by Gasteiger charge is -2.50. The predicted molar refractivity (Wildman–Crippen MR) is 214 cm³/mol. The maximum Gasteiger partial charge on any atom is 0.408 e. The summed E-state index contributed by atoms with van der Waals surface area (Å²) in [5, 5.41) is 32.4. The van der Waals surface area contributed by atoms with Gasteiger partial charge in [0, 0.05) is 42.9 Å². The normalized spacial score (nSPS) is 21.2. The van der Waals surface area contributed by atoms with E-state index in [1.165, 1.54) is 12.2 Å². The minimum absolute atomic E-state index is 0.205. The molecule has 0 bridgehead atoms. The zero-order valence-electron chi connectivity index (χ0n) is 35.3. The van der Waals surface area contributed by atoms with Crippen LogP contribution in [-0.4, -0.2) is 112 Å². The molecule has 2 aliphatic rings. The van der Waals surface area contributed by atoms with Crippen molar-refractivity contribution in [3.63, 3.8) is 0 Å². The number of hydroxylamine groups is 2. The van der Waals surface area contributed by atoms with Crippen molar-refractivity contribution in [2.75, 3.05) is 20.2 Å². The zero-order chi connectivity index (χ0) is 41.8. The third kappa shape index (κ3) is 14.7. The average molecular weight is 788 g/mol. The number of ether oxygens (including phenoxy) is 3. The molecule has 56 heavy (non-hydrogen) atoms. The van der Waals surface area contributed by atoms with Gasteiger partial charge in [-0.25, -0.2) is 14.4 Å². The molecule has 2 heterocycles. The van der Waals surface area contributed by atoms with Gasteiger partial charge in [0.25, 0.3) is 0 Å². The van der Waals surface area contributed by atoms with Crippen LogP contribution in [0.2, 0.25) is 0 Å². The van der Waals surface area contributed by atoms with Gasteiger partial charge >= 0.3 is 18.2 Å². The molecule has 5 N–H and O–H groups in total. The molecule has 0 aromatic heterocycles. The first-order chi connectivity index (χ1) is 26.1. The molecule has 0 aliphatic carbocycles. The van der Waals surface area contributed by atoms with Crippen LogP contribution < -0.4 is 16.0 Å². The summed E-state index contributed by atoms with van der Waals surface area (Å²) in [6, 6.07) is 7.79. The SMILES string of the molecule is COC(=O)[C@H](CCCNC(=O)OC1CC(C)(C)N(O)C(C)(C)C1)NC(=O)[C@@H]1CCCN1C(O)[C@H](/C=C/[C@H](CC(C)C)NC(=O)OC(C)(C)C)Cc1ccccc1. The van der Waals surface area contributed by atoms with Gasteiger partial charge in [0.05, 0.1) is 19.2 Å². The zero-order valence-corrected chi connectivity index (χ0v) is 35.3. The number of hydrogen-bond donors (Lipinski definition) is 5. The second-order valence-corrected chi connectivity index (χ2v) is 18.0. The standard InChI is InChI=1S/C42H69N5O9/c1-28(2)24-31(44-39(52)56-40(3,4)5)21-20-30(25-29-16-12-11-13-17-29)36(49)46-23-15-19-34(46)35(48)45-33(37(50)54-10)18-14-22-43-38(51)55-32-26-41(6,7)47(53)42(8,9)27-32/h11-13,16-17,20-21,28,30-34,36,49,53H,14-15,18-19,22-27H2,1-10H3,(H,43,51)(H,44,52)(H,45,48)/b21-20+/t30-,31-,33+,34+,36?/m1/s1. The fraction of sp³-hybridized carbons (Fsp3) is 0.714. The van der Waals surface area contributed by atoms with Crippen LogP contribution in [0.15, 0.2) is 42.5 Å². The van der Waals surface area contributed by atoms with Crippen LogP contribution in [0.3, 0.4) is 0 Å². The van der Waals surface area contributed by atoms with Crippen LogP contribution in [0.5, 0.6) is 0 Å². The van der Waals surface area contributed by atoms with Crippen LogP contribution in [0.4, 0.5) is 9.59 Å². The average Bonchev–Trinajstić information content (AvgIpc) is 3.59. The number of methoxy groups -OCH3 is 1. The van der Waals surface area contributed by atoms with E-state index in [2.05, 4.69) is 29.8 Å². The molecule has 1 aromatic rings.